The fourth-order valence-electron chi connectivity index (χ4n) is 5.14. The molecule has 4 unspecified atom stereocenters. The van der Waals surface area contributed by atoms with Crippen molar-refractivity contribution >= 4 is 0 Å². The summed E-state index contributed by atoms with van der Waals surface area (Å²) in [5.41, 5.74) is -0.246. The number of likely N-dealkylation sites (tertiary alicyclic amines) is 1. The fraction of sp³-hybridized carbons (Fsp3) is 0.944. The van der Waals surface area contributed by atoms with Crippen molar-refractivity contribution in [1.82, 2.24) is 10.2 Å². The normalized spacial score (nSPS) is 40.7. The smallest absolute Gasteiger partial charge is 0.108 e. The molecule has 3 fully saturated rings. The summed E-state index contributed by atoms with van der Waals surface area (Å²) in [4.78, 5) is 2.82. The van der Waals surface area contributed by atoms with Gasteiger partial charge in [-0.2, -0.15) is 5.26 Å². The number of nitrogens with one attached hydrogen (secondary N) is 1. The lowest BCUT2D eigenvalue weighted by atomic mass is 9.77. The van der Waals surface area contributed by atoms with Crippen molar-refractivity contribution in [3.63, 3.8) is 0 Å². The van der Waals surface area contributed by atoms with Crippen LogP contribution in [0.1, 0.15) is 71.1 Å². The zero-order chi connectivity index (χ0) is 14.7. The van der Waals surface area contributed by atoms with Crippen molar-refractivity contribution < 1.29 is 0 Å². The van der Waals surface area contributed by atoms with Crippen LogP contribution in [0.5, 0.6) is 0 Å². The SMILES string of the molecule is CCCNC1(C#N)CCCC(N2CCCC3CCCC32)C1. The van der Waals surface area contributed by atoms with Gasteiger partial charge in [0.1, 0.15) is 5.54 Å². The molecular formula is C18H31N3. The standard InChI is InChI=1S/C18H31N3/c1-2-11-20-18(14-19)10-4-8-16(13-18)21-12-5-7-15-6-3-9-17(15)21/h15-17,20H,2-13H2,1H3. The number of piperidine rings is 1. The molecule has 3 aliphatic rings. The first kappa shape index (κ1) is 15.3. The Kier molecular flexibility index (Phi) is 4.86. The van der Waals surface area contributed by atoms with Crippen LogP contribution in [-0.4, -0.2) is 35.6 Å². The van der Waals surface area contributed by atoms with Gasteiger partial charge in [-0.25, -0.2) is 0 Å². The van der Waals surface area contributed by atoms with Gasteiger partial charge in [0.15, 0.2) is 0 Å². The maximum atomic E-state index is 9.74. The summed E-state index contributed by atoms with van der Waals surface area (Å²) in [7, 11) is 0. The molecule has 1 heterocycles. The lowest BCUT2D eigenvalue weighted by Crippen LogP contribution is -2.56. The summed E-state index contributed by atoms with van der Waals surface area (Å²) < 4.78 is 0. The summed E-state index contributed by atoms with van der Waals surface area (Å²) in [5, 5.41) is 13.3. The minimum atomic E-state index is -0.246. The Labute approximate surface area is 130 Å². The molecule has 0 spiro atoms. The van der Waals surface area contributed by atoms with Crippen LogP contribution in [-0.2, 0) is 0 Å². The molecule has 21 heavy (non-hydrogen) atoms. The molecular weight excluding hydrogens is 258 g/mol. The van der Waals surface area contributed by atoms with Crippen LogP contribution in [0.25, 0.3) is 0 Å². The van der Waals surface area contributed by atoms with Crippen LogP contribution in [0.2, 0.25) is 0 Å². The van der Waals surface area contributed by atoms with Crippen LogP contribution in [0.15, 0.2) is 0 Å². The van der Waals surface area contributed by atoms with E-state index in [1.54, 1.807) is 0 Å². The first-order chi connectivity index (χ1) is 10.3. The average molecular weight is 289 g/mol. The highest BCUT2D eigenvalue weighted by Crippen LogP contribution is 2.41. The zero-order valence-corrected chi connectivity index (χ0v) is 13.6. The quantitative estimate of drug-likeness (QED) is 0.861. The van der Waals surface area contributed by atoms with Crippen LogP contribution in [0, 0.1) is 17.2 Å². The van der Waals surface area contributed by atoms with Gasteiger partial charge in [0.2, 0.25) is 0 Å². The minimum Gasteiger partial charge on any atom is -0.299 e. The number of hydrogen-bond acceptors (Lipinski definition) is 3. The largest absolute Gasteiger partial charge is 0.299 e. The summed E-state index contributed by atoms with van der Waals surface area (Å²) in [6.45, 7) is 4.44. The summed E-state index contributed by atoms with van der Waals surface area (Å²) in [6, 6.07) is 4.13. The predicted octanol–water partition coefficient (Wildman–Crippen LogP) is 3.46. The molecule has 0 aromatic heterocycles. The van der Waals surface area contributed by atoms with Crippen molar-refractivity contribution in [2.45, 2.75) is 88.8 Å². The predicted molar refractivity (Wildman–Crippen MR) is 86.0 cm³/mol. The van der Waals surface area contributed by atoms with Gasteiger partial charge in [-0.15, -0.1) is 0 Å². The molecule has 0 aromatic carbocycles. The molecule has 1 aliphatic heterocycles. The Balaban J connectivity index is 1.68. The zero-order valence-electron chi connectivity index (χ0n) is 13.6. The first-order valence-electron chi connectivity index (χ1n) is 9.20. The second-order valence-electron chi connectivity index (χ2n) is 7.51. The first-order valence-corrected chi connectivity index (χ1v) is 9.20. The number of fused-ring (bicyclic) bond motifs is 1. The molecule has 2 saturated carbocycles. The van der Waals surface area contributed by atoms with Gasteiger partial charge in [-0.1, -0.05) is 13.3 Å². The van der Waals surface area contributed by atoms with Crippen molar-refractivity contribution in [2.75, 3.05) is 13.1 Å². The van der Waals surface area contributed by atoms with E-state index >= 15 is 0 Å². The van der Waals surface area contributed by atoms with Crippen molar-refractivity contribution in [3.05, 3.63) is 0 Å². The van der Waals surface area contributed by atoms with E-state index in [9.17, 15) is 5.26 Å². The maximum absolute atomic E-state index is 9.74. The molecule has 3 rings (SSSR count). The molecule has 1 saturated heterocycles. The van der Waals surface area contributed by atoms with Crippen LogP contribution in [0.3, 0.4) is 0 Å². The molecule has 2 aliphatic carbocycles. The van der Waals surface area contributed by atoms with E-state index in [1.165, 1.54) is 51.5 Å². The van der Waals surface area contributed by atoms with E-state index in [0.29, 0.717) is 6.04 Å². The lowest BCUT2D eigenvalue weighted by Gasteiger charge is -2.47. The van der Waals surface area contributed by atoms with E-state index < -0.39 is 0 Å². The van der Waals surface area contributed by atoms with E-state index in [1.807, 2.05) is 0 Å². The third-order valence-corrected chi connectivity index (χ3v) is 6.16. The molecule has 0 radical (unpaired) electrons. The highest BCUT2D eigenvalue weighted by Gasteiger charge is 2.43. The summed E-state index contributed by atoms with van der Waals surface area (Å²) in [5.74, 6) is 0.959. The minimum absolute atomic E-state index is 0.246. The monoisotopic (exact) mass is 289 g/mol. The Morgan fingerprint density at radius 2 is 2.05 bits per heavy atom. The molecule has 0 aromatic rings. The van der Waals surface area contributed by atoms with Crippen LogP contribution < -0.4 is 5.32 Å². The highest BCUT2D eigenvalue weighted by atomic mass is 15.2. The number of rotatable bonds is 4. The molecule has 118 valence electrons. The fourth-order valence-corrected chi connectivity index (χ4v) is 5.14. The van der Waals surface area contributed by atoms with E-state index in [4.69, 9.17) is 0 Å². The highest BCUT2D eigenvalue weighted by molar-refractivity contribution is 5.12. The number of nitrogens with zero attached hydrogens (tertiary/aromatic N) is 2. The van der Waals surface area contributed by atoms with Crippen LogP contribution in [0.4, 0.5) is 0 Å². The topological polar surface area (TPSA) is 39.1 Å². The van der Waals surface area contributed by atoms with Gasteiger partial charge in [0.05, 0.1) is 6.07 Å². The molecule has 0 amide bonds. The van der Waals surface area contributed by atoms with Gasteiger partial charge in [-0.3, -0.25) is 10.2 Å². The molecule has 3 heteroatoms. The Bertz CT molecular complexity index is 388. The van der Waals surface area contributed by atoms with Gasteiger partial charge >= 0.3 is 0 Å². The molecule has 0 bridgehead atoms. The maximum Gasteiger partial charge on any atom is 0.108 e. The van der Waals surface area contributed by atoms with Gasteiger partial charge in [-0.05, 0) is 76.8 Å². The Hall–Kier alpha value is -0.590. The van der Waals surface area contributed by atoms with Crippen molar-refractivity contribution in [2.24, 2.45) is 5.92 Å². The Morgan fingerprint density at radius 3 is 2.86 bits per heavy atom. The lowest BCUT2D eigenvalue weighted by molar-refractivity contribution is 0.0346. The van der Waals surface area contributed by atoms with E-state index in [-0.39, 0.29) is 5.54 Å². The second kappa shape index (κ2) is 6.67. The van der Waals surface area contributed by atoms with Crippen LogP contribution >= 0.6 is 0 Å². The van der Waals surface area contributed by atoms with Crippen molar-refractivity contribution in [1.29, 1.82) is 5.26 Å². The second-order valence-corrected chi connectivity index (χ2v) is 7.51. The van der Waals surface area contributed by atoms with Gasteiger partial charge in [0.25, 0.3) is 0 Å². The summed E-state index contributed by atoms with van der Waals surface area (Å²) in [6.07, 6.45) is 12.8. The molecule has 4 atom stereocenters. The third-order valence-electron chi connectivity index (χ3n) is 6.16. The van der Waals surface area contributed by atoms with Crippen molar-refractivity contribution in [3.8, 4) is 6.07 Å². The Morgan fingerprint density at radius 1 is 1.19 bits per heavy atom. The summed E-state index contributed by atoms with van der Waals surface area (Å²) >= 11 is 0. The molecule has 3 nitrogen and oxygen atoms in total. The number of hydrogen-bond donors (Lipinski definition) is 1. The van der Waals surface area contributed by atoms with E-state index in [2.05, 4.69) is 23.2 Å². The average Bonchev–Trinajstić information content (AvgIpc) is 3.01. The van der Waals surface area contributed by atoms with E-state index in [0.717, 1.165) is 37.8 Å². The number of nitriles is 1. The molecule has 1 N–H and O–H groups in total. The van der Waals surface area contributed by atoms with Gasteiger partial charge in [0, 0.05) is 12.1 Å². The van der Waals surface area contributed by atoms with Gasteiger partial charge < -0.3 is 0 Å². The third kappa shape index (κ3) is 3.12.